The Bertz CT molecular complexity index is 385. The van der Waals surface area contributed by atoms with Gasteiger partial charge in [-0.2, -0.15) is 5.10 Å². The summed E-state index contributed by atoms with van der Waals surface area (Å²) in [6.45, 7) is 3.85. The number of aryl methyl sites for hydroxylation is 2. The van der Waals surface area contributed by atoms with Crippen LogP contribution in [0.4, 0.5) is 0 Å². The number of piperidine rings is 1. The zero-order chi connectivity index (χ0) is 11.5. The highest BCUT2D eigenvalue weighted by atomic mass is 35.5. The molecule has 6 heteroatoms. The number of aromatic nitrogens is 2. The summed E-state index contributed by atoms with van der Waals surface area (Å²) in [4.78, 5) is 12.0. The van der Waals surface area contributed by atoms with Crippen LogP contribution in [0.5, 0.6) is 0 Å². The van der Waals surface area contributed by atoms with E-state index in [2.05, 4.69) is 15.7 Å². The fourth-order valence-electron chi connectivity index (χ4n) is 2.05. The van der Waals surface area contributed by atoms with Gasteiger partial charge < -0.3 is 10.6 Å². The first-order valence-corrected chi connectivity index (χ1v) is 5.69. The van der Waals surface area contributed by atoms with Crippen molar-refractivity contribution in [2.24, 2.45) is 7.05 Å². The Balaban J connectivity index is 0.00000144. The van der Waals surface area contributed by atoms with Gasteiger partial charge in [0.05, 0.1) is 5.69 Å². The Hall–Kier alpha value is -1.07. The van der Waals surface area contributed by atoms with Crippen molar-refractivity contribution in [3.8, 4) is 0 Å². The SMILES string of the molecule is Cc1cc(C(=O)NC2CCNCC2)n(C)n1.Cl. The van der Waals surface area contributed by atoms with Gasteiger partial charge >= 0.3 is 0 Å². The van der Waals surface area contributed by atoms with Gasteiger partial charge in [-0.1, -0.05) is 0 Å². The van der Waals surface area contributed by atoms with Crippen LogP contribution in [-0.4, -0.2) is 34.8 Å². The largest absolute Gasteiger partial charge is 0.348 e. The molecule has 96 valence electrons. The summed E-state index contributed by atoms with van der Waals surface area (Å²) >= 11 is 0. The zero-order valence-corrected chi connectivity index (χ0v) is 11.0. The quantitative estimate of drug-likeness (QED) is 0.818. The van der Waals surface area contributed by atoms with Gasteiger partial charge in [-0.05, 0) is 38.9 Å². The molecule has 0 atom stereocenters. The number of hydrogen-bond acceptors (Lipinski definition) is 3. The lowest BCUT2D eigenvalue weighted by Gasteiger charge is -2.23. The van der Waals surface area contributed by atoms with Gasteiger partial charge in [-0.15, -0.1) is 12.4 Å². The number of amides is 1. The van der Waals surface area contributed by atoms with Crippen LogP contribution in [0, 0.1) is 6.92 Å². The van der Waals surface area contributed by atoms with E-state index in [0.29, 0.717) is 11.7 Å². The van der Waals surface area contributed by atoms with Crippen molar-refractivity contribution in [2.45, 2.75) is 25.8 Å². The molecule has 0 aliphatic carbocycles. The summed E-state index contributed by atoms with van der Waals surface area (Å²) < 4.78 is 1.63. The smallest absolute Gasteiger partial charge is 0.269 e. The normalized spacial score (nSPS) is 16.4. The number of rotatable bonds is 2. The average Bonchev–Trinajstić information content (AvgIpc) is 2.59. The fourth-order valence-corrected chi connectivity index (χ4v) is 2.05. The van der Waals surface area contributed by atoms with E-state index >= 15 is 0 Å². The molecule has 0 saturated carbocycles. The summed E-state index contributed by atoms with van der Waals surface area (Å²) in [5, 5.41) is 10.5. The number of nitrogens with one attached hydrogen (secondary N) is 2. The van der Waals surface area contributed by atoms with Crippen LogP contribution >= 0.6 is 12.4 Å². The number of carbonyl (C=O) groups is 1. The number of carbonyl (C=O) groups excluding carboxylic acids is 1. The summed E-state index contributed by atoms with van der Waals surface area (Å²) in [6, 6.07) is 2.11. The minimum atomic E-state index is -0.0185. The Morgan fingerprint density at radius 1 is 1.53 bits per heavy atom. The van der Waals surface area contributed by atoms with Crippen LogP contribution in [-0.2, 0) is 7.05 Å². The van der Waals surface area contributed by atoms with E-state index in [0.717, 1.165) is 31.6 Å². The lowest BCUT2D eigenvalue weighted by molar-refractivity contribution is 0.0920. The first-order chi connectivity index (χ1) is 7.66. The Morgan fingerprint density at radius 2 is 2.18 bits per heavy atom. The van der Waals surface area contributed by atoms with Crippen LogP contribution in [0.15, 0.2) is 6.07 Å². The maximum absolute atomic E-state index is 12.0. The maximum atomic E-state index is 12.0. The molecule has 0 radical (unpaired) electrons. The summed E-state index contributed by atoms with van der Waals surface area (Å²) in [7, 11) is 1.80. The van der Waals surface area contributed by atoms with E-state index < -0.39 is 0 Å². The van der Waals surface area contributed by atoms with Crippen LogP contribution < -0.4 is 10.6 Å². The second-order valence-electron chi connectivity index (χ2n) is 4.29. The molecule has 1 aliphatic heterocycles. The van der Waals surface area contributed by atoms with Crippen molar-refractivity contribution < 1.29 is 4.79 Å². The molecule has 2 N–H and O–H groups in total. The molecule has 5 nitrogen and oxygen atoms in total. The van der Waals surface area contributed by atoms with E-state index in [1.165, 1.54) is 0 Å². The monoisotopic (exact) mass is 258 g/mol. The zero-order valence-electron chi connectivity index (χ0n) is 10.2. The molecule has 0 aromatic carbocycles. The minimum Gasteiger partial charge on any atom is -0.348 e. The molecule has 1 amide bonds. The molecule has 0 bridgehead atoms. The van der Waals surface area contributed by atoms with Crippen molar-refractivity contribution >= 4 is 18.3 Å². The molecule has 2 rings (SSSR count). The predicted octanol–water partition coefficient (Wildman–Crippen LogP) is 0.632. The van der Waals surface area contributed by atoms with Crippen LogP contribution in [0.1, 0.15) is 29.0 Å². The third kappa shape index (κ3) is 3.44. The third-order valence-corrected chi connectivity index (χ3v) is 2.91. The van der Waals surface area contributed by atoms with Gasteiger partial charge in [-0.3, -0.25) is 9.48 Å². The van der Waals surface area contributed by atoms with Gasteiger partial charge in [0.1, 0.15) is 5.69 Å². The molecular weight excluding hydrogens is 240 g/mol. The van der Waals surface area contributed by atoms with Gasteiger partial charge in [0.2, 0.25) is 0 Å². The maximum Gasteiger partial charge on any atom is 0.269 e. The lowest BCUT2D eigenvalue weighted by atomic mass is 10.1. The standard InChI is InChI=1S/C11H18N4O.ClH/c1-8-7-10(15(2)14-8)11(16)13-9-3-5-12-6-4-9;/h7,9,12H,3-6H2,1-2H3,(H,13,16);1H. The van der Waals surface area contributed by atoms with Crippen molar-refractivity contribution in [3.63, 3.8) is 0 Å². The fraction of sp³-hybridized carbons (Fsp3) is 0.636. The third-order valence-electron chi connectivity index (χ3n) is 2.91. The van der Waals surface area contributed by atoms with E-state index in [-0.39, 0.29) is 18.3 Å². The first kappa shape index (κ1) is 14.0. The van der Waals surface area contributed by atoms with Crippen molar-refractivity contribution in [2.75, 3.05) is 13.1 Å². The molecule has 0 spiro atoms. The highest BCUT2D eigenvalue weighted by molar-refractivity contribution is 5.92. The predicted molar refractivity (Wildman–Crippen MR) is 68.6 cm³/mol. The van der Waals surface area contributed by atoms with Gasteiger partial charge in [0, 0.05) is 13.1 Å². The van der Waals surface area contributed by atoms with E-state index in [4.69, 9.17) is 0 Å². The number of nitrogens with zero attached hydrogens (tertiary/aromatic N) is 2. The van der Waals surface area contributed by atoms with Crippen LogP contribution in [0.2, 0.25) is 0 Å². The summed E-state index contributed by atoms with van der Waals surface area (Å²) in [5.74, 6) is -0.0185. The molecule has 0 unspecified atom stereocenters. The molecule has 1 aromatic rings. The topological polar surface area (TPSA) is 59.0 Å². The molecular formula is C11H19ClN4O. The minimum absolute atomic E-state index is 0. The molecule has 1 saturated heterocycles. The van der Waals surface area contributed by atoms with Gasteiger partial charge in [-0.25, -0.2) is 0 Å². The molecule has 17 heavy (non-hydrogen) atoms. The van der Waals surface area contributed by atoms with E-state index in [1.807, 2.05) is 13.0 Å². The van der Waals surface area contributed by atoms with E-state index in [9.17, 15) is 4.79 Å². The highest BCUT2D eigenvalue weighted by Crippen LogP contribution is 2.06. The molecule has 1 aliphatic rings. The number of hydrogen-bond donors (Lipinski definition) is 2. The van der Waals surface area contributed by atoms with Crippen molar-refractivity contribution in [3.05, 3.63) is 17.5 Å². The molecule has 1 fully saturated rings. The van der Waals surface area contributed by atoms with Crippen molar-refractivity contribution in [1.82, 2.24) is 20.4 Å². The van der Waals surface area contributed by atoms with Crippen molar-refractivity contribution in [1.29, 1.82) is 0 Å². The number of halogens is 1. The first-order valence-electron chi connectivity index (χ1n) is 5.69. The Morgan fingerprint density at radius 3 is 2.71 bits per heavy atom. The second-order valence-corrected chi connectivity index (χ2v) is 4.29. The summed E-state index contributed by atoms with van der Waals surface area (Å²) in [5.41, 5.74) is 1.51. The Labute approximate surface area is 107 Å². The summed E-state index contributed by atoms with van der Waals surface area (Å²) in [6.07, 6.45) is 2.01. The second kappa shape index (κ2) is 6.02. The highest BCUT2D eigenvalue weighted by Gasteiger charge is 2.18. The molecule has 1 aromatic heterocycles. The van der Waals surface area contributed by atoms with Gasteiger partial charge in [0.15, 0.2) is 0 Å². The van der Waals surface area contributed by atoms with Crippen LogP contribution in [0.3, 0.4) is 0 Å². The Kier molecular flexibility index (Phi) is 4.96. The van der Waals surface area contributed by atoms with E-state index in [1.54, 1.807) is 11.7 Å². The van der Waals surface area contributed by atoms with Crippen LogP contribution in [0.25, 0.3) is 0 Å². The lowest BCUT2D eigenvalue weighted by Crippen LogP contribution is -2.43. The van der Waals surface area contributed by atoms with Gasteiger partial charge in [0.25, 0.3) is 5.91 Å². The average molecular weight is 259 g/mol. The molecule has 2 heterocycles.